The highest BCUT2D eigenvalue weighted by atomic mass is 19.4. The van der Waals surface area contributed by atoms with Crippen molar-refractivity contribution in [3.05, 3.63) is 88.5 Å². The molecule has 3 rings (SSSR count). The maximum atomic E-state index is 12.8. The molecule has 4 N–H and O–H groups in total. The van der Waals surface area contributed by atoms with Crippen molar-refractivity contribution in [2.24, 2.45) is 5.10 Å². The number of ether oxygens (including phenoxy) is 1. The van der Waals surface area contributed by atoms with Crippen LogP contribution in [-0.2, 0) is 17.6 Å². The Bertz CT molecular complexity index is 1330. The van der Waals surface area contributed by atoms with E-state index in [0.717, 1.165) is 24.3 Å². The summed E-state index contributed by atoms with van der Waals surface area (Å²) in [5, 5.41) is 13.5. The largest absolute Gasteiger partial charge is 0.421 e. The molecule has 0 fully saturated rings. The van der Waals surface area contributed by atoms with Crippen LogP contribution in [0.2, 0.25) is 0 Å². The van der Waals surface area contributed by atoms with E-state index in [9.17, 15) is 27.9 Å². The second-order valence-corrected chi connectivity index (χ2v) is 7.30. The lowest BCUT2D eigenvalue weighted by Gasteiger charge is -2.12. The van der Waals surface area contributed by atoms with Crippen LogP contribution in [0.3, 0.4) is 0 Å². The second kappa shape index (κ2) is 11.2. The number of nitrogens with one attached hydrogen (secondary N) is 1. The van der Waals surface area contributed by atoms with Crippen LogP contribution in [0, 0.1) is 6.92 Å². The number of nitrogens with zero attached hydrogens (tertiary/aromatic N) is 3. The van der Waals surface area contributed by atoms with Gasteiger partial charge in [-0.05, 0) is 42.8 Å². The first-order valence-corrected chi connectivity index (χ1v) is 10.3. The topological polar surface area (TPSA) is 140 Å². The van der Waals surface area contributed by atoms with Gasteiger partial charge in [-0.3, -0.25) is 14.8 Å². The third kappa shape index (κ3) is 6.51. The number of aliphatic hydroxyl groups excluding tert-OH is 1. The number of aryl methyl sites for hydroxylation is 1. The van der Waals surface area contributed by atoms with Crippen molar-refractivity contribution in [2.75, 3.05) is 5.73 Å². The zero-order valence-electron chi connectivity index (χ0n) is 18.8. The molecular formula is C24H20F3N5O4. The molecule has 0 saturated heterocycles. The van der Waals surface area contributed by atoms with E-state index >= 15 is 0 Å². The van der Waals surface area contributed by atoms with Gasteiger partial charge in [-0.25, -0.2) is 10.2 Å². The van der Waals surface area contributed by atoms with Gasteiger partial charge < -0.3 is 15.6 Å². The first-order chi connectivity index (χ1) is 17.1. The molecule has 0 radical (unpaired) electrons. The standard InChI is InChI=1S/C24H20F3N5O4/c1-14-22(36-21(34)5-3-15-2-4-18(10-20(15)28)24(25,26)27)19(17(13-33)11-30-14)12-31-32-23(35)16-6-8-29-9-7-16/h2-12,33H,13,28H2,1H3,(H,32,35). The molecule has 36 heavy (non-hydrogen) atoms. The highest BCUT2D eigenvalue weighted by molar-refractivity contribution is 5.96. The summed E-state index contributed by atoms with van der Waals surface area (Å²) < 4.78 is 43.8. The predicted octanol–water partition coefficient (Wildman–Crippen LogP) is 3.26. The number of nitrogens with two attached hydrogens (primary N) is 1. The molecule has 186 valence electrons. The van der Waals surface area contributed by atoms with Gasteiger partial charge >= 0.3 is 12.1 Å². The summed E-state index contributed by atoms with van der Waals surface area (Å²) in [6.45, 7) is 1.09. The fourth-order valence-corrected chi connectivity index (χ4v) is 2.96. The van der Waals surface area contributed by atoms with Crippen LogP contribution >= 0.6 is 0 Å². The van der Waals surface area contributed by atoms with Crippen molar-refractivity contribution in [3.8, 4) is 5.75 Å². The Kier molecular flexibility index (Phi) is 8.12. The van der Waals surface area contributed by atoms with Crippen LogP contribution in [0.25, 0.3) is 6.08 Å². The number of carbonyl (C=O) groups excluding carboxylic acids is 2. The maximum absolute atomic E-state index is 12.8. The summed E-state index contributed by atoms with van der Waals surface area (Å²) in [4.78, 5) is 32.5. The number of anilines is 1. The van der Waals surface area contributed by atoms with Gasteiger partial charge in [0.1, 0.15) is 0 Å². The van der Waals surface area contributed by atoms with Gasteiger partial charge in [0.25, 0.3) is 5.91 Å². The SMILES string of the molecule is Cc1ncc(CO)c(C=NNC(=O)c2ccncc2)c1OC(=O)C=Cc1ccc(C(F)(F)F)cc1N. The molecule has 0 bridgehead atoms. The lowest BCUT2D eigenvalue weighted by Crippen LogP contribution is -2.18. The molecule has 0 aliphatic carbocycles. The first-order valence-electron chi connectivity index (χ1n) is 10.3. The average Bonchev–Trinajstić information content (AvgIpc) is 2.85. The molecule has 0 aliphatic rings. The molecule has 2 aromatic heterocycles. The van der Waals surface area contributed by atoms with Crippen LogP contribution in [0.15, 0.2) is 60.1 Å². The minimum absolute atomic E-state index is 0.0292. The molecule has 0 atom stereocenters. The minimum atomic E-state index is -4.55. The lowest BCUT2D eigenvalue weighted by atomic mass is 10.1. The van der Waals surface area contributed by atoms with E-state index in [-0.39, 0.29) is 33.8 Å². The monoisotopic (exact) mass is 499 g/mol. The molecule has 12 heteroatoms. The number of nitrogen functional groups attached to an aromatic ring is 1. The third-order valence-electron chi connectivity index (χ3n) is 4.82. The quantitative estimate of drug-likeness (QED) is 0.149. The maximum Gasteiger partial charge on any atom is 0.416 e. The van der Waals surface area contributed by atoms with E-state index in [2.05, 4.69) is 20.5 Å². The third-order valence-corrected chi connectivity index (χ3v) is 4.82. The van der Waals surface area contributed by atoms with Gasteiger partial charge in [-0.15, -0.1) is 0 Å². The summed E-state index contributed by atoms with van der Waals surface area (Å²) >= 11 is 0. The smallest absolute Gasteiger partial charge is 0.416 e. The van der Waals surface area contributed by atoms with Gasteiger partial charge in [0.15, 0.2) is 5.75 Å². The Labute approximate surface area is 203 Å². The second-order valence-electron chi connectivity index (χ2n) is 7.30. The number of amides is 1. The first kappa shape index (κ1) is 26.0. The molecule has 1 amide bonds. The Morgan fingerprint density at radius 1 is 1.22 bits per heavy atom. The van der Waals surface area contributed by atoms with Crippen molar-refractivity contribution in [3.63, 3.8) is 0 Å². The van der Waals surface area contributed by atoms with Crippen molar-refractivity contribution >= 4 is 29.9 Å². The highest BCUT2D eigenvalue weighted by Gasteiger charge is 2.30. The van der Waals surface area contributed by atoms with Crippen molar-refractivity contribution in [1.82, 2.24) is 15.4 Å². The molecule has 0 spiro atoms. The number of hydrogen-bond donors (Lipinski definition) is 3. The number of aromatic nitrogens is 2. The molecule has 0 aliphatic heterocycles. The lowest BCUT2D eigenvalue weighted by molar-refractivity contribution is -0.137. The number of hydrogen-bond acceptors (Lipinski definition) is 8. The van der Waals surface area contributed by atoms with Crippen molar-refractivity contribution in [1.29, 1.82) is 0 Å². The highest BCUT2D eigenvalue weighted by Crippen LogP contribution is 2.31. The Hall–Kier alpha value is -4.58. The van der Waals surface area contributed by atoms with E-state index in [1.54, 1.807) is 6.92 Å². The summed E-state index contributed by atoms with van der Waals surface area (Å²) in [6.07, 6.45) is 3.08. The van der Waals surface area contributed by atoms with Crippen LogP contribution < -0.4 is 15.9 Å². The number of pyridine rings is 2. The molecule has 0 saturated carbocycles. The van der Waals surface area contributed by atoms with Gasteiger partial charge in [0.2, 0.25) is 0 Å². The number of carbonyl (C=O) groups is 2. The van der Waals surface area contributed by atoms with Gasteiger partial charge in [-0.1, -0.05) is 6.07 Å². The van der Waals surface area contributed by atoms with Gasteiger partial charge in [-0.2, -0.15) is 18.3 Å². The van der Waals surface area contributed by atoms with Gasteiger partial charge in [0, 0.05) is 47.0 Å². The van der Waals surface area contributed by atoms with Crippen molar-refractivity contribution < 1.29 is 32.6 Å². The average molecular weight is 499 g/mol. The minimum Gasteiger partial charge on any atom is -0.421 e. The number of esters is 1. The van der Waals surface area contributed by atoms with Crippen LogP contribution in [0.4, 0.5) is 18.9 Å². The number of rotatable bonds is 7. The zero-order valence-corrected chi connectivity index (χ0v) is 18.8. The molecule has 9 nitrogen and oxygen atoms in total. The Balaban J connectivity index is 1.80. The van der Waals surface area contributed by atoms with Crippen LogP contribution in [0.5, 0.6) is 5.75 Å². The molecular weight excluding hydrogens is 479 g/mol. The number of halogens is 3. The van der Waals surface area contributed by atoms with E-state index in [1.165, 1.54) is 43.0 Å². The van der Waals surface area contributed by atoms with Gasteiger partial charge in [0.05, 0.1) is 24.1 Å². The van der Waals surface area contributed by atoms with Crippen LogP contribution in [0.1, 0.15) is 38.3 Å². The number of aliphatic hydroxyl groups is 1. The Morgan fingerprint density at radius 3 is 2.58 bits per heavy atom. The summed E-state index contributed by atoms with van der Waals surface area (Å²) in [5.74, 6) is -1.43. The van der Waals surface area contributed by atoms with E-state index < -0.39 is 30.2 Å². The molecule has 1 aromatic carbocycles. The fourth-order valence-electron chi connectivity index (χ4n) is 2.96. The molecule has 2 heterocycles. The molecule has 3 aromatic rings. The fraction of sp³-hybridized carbons (Fsp3) is 0.125. The number of benzene rings is 1. The van der Waals surface area contributed by atoms with E-state index in [1.807, 2.05) is 0 Å². The predicted molar refractivity (Wildman–Crippen MR) is 125 cm³/mol. The van der Waals surface area contributed by atoms with E-state index in [4.69, 9.17) is 10.5 Å². The summed E-state index contributed by atoms with van der Waals surface area (Å²) in [6, 6.07) is 5.71. The summed E-state index contributed by atoms with van der Waals surface area (Å²) in [5.41, 5.74) is 8.13. The Morgan fingerprint density at radius 2 is 1.94 bits per heavy atom. The molecule has 0 unspecified atom stereocenters. The number of alkyl halides is 3. The van der Waals surface area contributed by atoms with Crippen molar-refractivity contribution in [2.45, 2.75) is 19.7 Å². The summed E-state index contributed by atoms with van der Waals surface area (Å²) in [7, 11) is 0. The van der Waals surface area contributed by atoms with Crippen LogP contribution in [-0.4, -0.2) is 33.2 Å². The normalized spacial score (nSPS) is 11.7. The number of hydrazone groups is 1. The van der Waals surface area contributed by atoms with E-state index in [0.29, 0.717) is 5.56 Å². The zero-order chi connectivity index (χ0) is 26.3.